The Hall–Kier alpha value is -0.790. The van der Waals surface area contributed by atoms with E-state index in [0.29, 0.717) is 11.0 Å². The zero-order valence-electron chi connectivity index (χ0n) is 10.7. The topological polar surface area (TPSA) is 99.1 Å². The molecule has 9 heteroatoms. The molecule has 0 spiro atoms. The third kappa shape index (κ3) is 10.4. The van der Waals surface area contributed by atoms with E-state index in [4.69, 9.17) is 0 Å². The highest BCUT2D eigenvalue weighted by Gasteiger charge is 2.23. The first-order valence-corrected chi connectivity index (χ1v) is 6.65. The van der Waals surface area contributed by atoms with Gasteiger partial charge in [-0.1, -0.05) is 0 Å². The summed E-state index contributed by atoms with van der Waals surface area (Å²) in [5, 5.41) is 0. The van der Waals surface area contributed by atoms with Crippen molar-refractivity contribution in [3.05, 3.63) is 0 Å². The Balaban J connectivity index is 3.90. The van der Waals surface area contributed by atoms with Crippen LogP contribution in [-0.2, 0) is 27.9 Å². The molecule has 0 aliphatic rings. The number of likely N-dealkylation sites (N-methyl/N-ethyl adjacent to an activating group) is 1. The molecule has 0 aliphatic heterocycles. The first-order valence-electron chi connectivity index (χ1n) is 5.15. The predicted octanol–water partition coefficient (Wildman–Crippen LogP) is -0.432. The number of ketones is 1. The van der Waals surface area contributed by atoms with E-state index in [1.165, 1.54) is 0 Å². The molecule has 0 saturated carbocycles. The Morgan fingerprint density at radius 2 is 1.89 bits per heavy atom. The van der Waals surface area contributed by atoms with Crippen molar-refractivity contribution in [1.29, 1.82) is 0 Å². The van der Waals surface area contributed by atoms with Crippen LogP contribution in [0, 0.1) is 0 Å². The van der Waals surface area contributed by atoms with Gasteiger partial charge in [-0.25, -0.2) is 4.57 Å². The van der Waals surface area contributed by atoms with Crippen molar-refractivity contribution in [1.82, 2.24) is 0 Å². The van der Waals surface area contributed by atoms with Crippen LogP contribution in [0.3, 0.4) is 0 Å². The second kappa shape index (κ2) is 7.60. The molecule has 0 amide bonds. The first kappa shape index (κ1) is 17.2. The van der Waals surface area contributed by atoms with Crippen LogP contribution in [0.25, 0.3) is 0 Å². The average Bonchev–Trinajstić information content (AvgIpc) is 2.21. The molecule has 0 aliphatic carbocycles. The van der Waals surface area contributed by atoms with Gasteiger partial charge in [0.15, 0.2) is 12.4 Å². The van der Waals surface area contributed by atoms with E-state index < -0.39 is 26.8 Å². The third-order valence-electron chi connectivity index (χ3n) is 1.72. The summed E-state index contributed by atoms with van der Waals surface area (Å²) in [5.41, 5.74) is 0. The number of carbonyl (C=O) groups excluding carboxylic acids is 2. The fraction of sp³-hybridized carbons (Fsp3) is 0.778. The molecule has 1 N–H and O–H groups in total. The van der Waals surface area contributed by atoms with Gasteiger partial charge in [-0.05, 0) is 0 Å². The highest BCUT2D eigenvalue weighted by Crippen LogP contribution is 2.42. The van der Waals surface area contributed by atoms with Gasteiger partial charge >= 0.3 is 7.82 Å². The monoisotopic (exact) mass is 284 g/mol. The second-order valence-electron chi connectivity index (χ2n) is 4.54. The number of hydrogen-bond donors (Lipinski definition) is 1. The van der Waals surface area contributed by atoms with Crippen molar-refractivity contribution in [2.24, 2.45) is 0 Å². The molecule has 0 fully saturated rings. The summed E-state index contributed by atoms with van der Waals surface area (Å²) in [6.45, 7) is -0.505. The number of quaternary nitrogens is 1. The normalized spacial score (nSPS) is 14.9. The number of rotatable bonds is 10. The lowest BCUT2D eigenvalue weighted by Gasteiger charge is -2.23. The van der Waals surface area contributed by atoms with Crippen LogP contribution in [0.1, 0.15) is 0 Å². The maximum absolute atomic E-state index is 11.3. The third-order valence-corrected chi connectivity index (χ3v) is 2.68. The summed E-state index contributed by atoms with van der Waals surface area (Å²) in [6, 6.07) is 0. The molecule has 106 valence electrons. The molecule has 1 atom stereocenters. The minimum absolute atomic E-state index is 0.0241. The highest BCUT2D eigenvalue weighted by atomic mass is 31.2. The number of hydrogen-bond acceptors (Lipinski definition) is 6. The van der Waals surface area contributed by atoms with Crippen LogP contribution in [0.2, 0.25) is 0 Å². The van der Waals surface area contributed by atoms with Gasteiger partial charge in [0.2, 0.25) is 0 Å². The van der Waals surface area contributed by atoms with Gasteiger partial charge in [0, 0.05) is 0 Å². The molecule has 8 nitrogen and oxygen atoms in total. The van der Waals surface area contributed by atoms with Gasteiger partial charge < -0.3 is 14.1 Å². The van der Waals surface area contributed by atoms with E-state index in [1.54, 1.807) is 0 Å². The van der Waals surface area contributed by atoms with Crippen molar-refractivity contribution in [2.45, 2.75) is 0 Å². The first-order chi connectivity index (χ1) is 8.16. The van der Waals surface area contributed by atoms with E-state index in [-0.39, 0.29) is 13.1 Å². The maximum atomic E-state index is 11.3. The van der Waals surface area contributed by atoms with E-state index in [1.807, 2.05) is 21.1 Å². The van der Waals surface area contributed by atoms with Gasteiger partial charge in [0.25, 0.3) is 6.47 Å². The van der Waals surface area contributed by atoms with Crippen LogP contribution in [0.15, 0.2) is 0 Å². The van der Waals surface area contributed by atoms with Gasteiger partial charge in [0.05, 0.1) is 21.1 Å². The quantitative estimate of drug-likeness (QED) is 0.330. The summed E-state index contributed by atoms with van der Waals surface area (Å²) in [7, 11) is 1.45. The molecule has 0 saturated heterocycles. The van der Waals surface area contributed by atoms with E-state index in [0.717, 1.165) is 0 Å². The number of nitrogens with zero attached hydrogens (tertiary/aromatic N) is 1. The molecule has 0 aromatic carbocycles. The van der Waals surface area contributed by atoms with E-state index in [2.05, 4.69) is 13.8 Å². The van der Waals surface area contributed by atoms with Crippen LogP contribution < -0.4 is 0 Å². The average molecular weight is 284 g/mol. The smallest absolute Gasteiger partial charge is 0.460 e. The highest BCUT2D eigenvalue weighted by molar-refractivity contribution is 7.47. The number of carbonyl (C=O) groups is 2. The molecule has 1 unspecified atom stereocenters. The molecule has 0 bridgehead atoms. The van der Waals surface area contributed by atoms with Crippen molar-refractivity contribution in [3.8, 4) is 0 Å². The molecular weight excluding hydrogens is 265 g/mol. The van der Waals surface area contributed by atoms with E-state index in [9.17, 15) is 19.0 Å². The summed E-state index contributed by atoms with van der Waals surface area (Å²) >= 11 is 0. The summed E-state index contributed by atoms with van der Waals surface area (Å²) in [4.78, 5) is 30.0. The summed E-state index contributed by atoms with van der Waals surface area (Å²) in [5.74, 6) is -0.633. The SMILES string of the molecule is C[N+](C)(C)CCOP(=O)(O)OCC(=O)COC=O. The number of phosphoric ester groups is 1. The number of ether oxygens (including phenoxy) is 1. The lowest BCUT2D eigenvalue weighted by atomic mass is 10.5. The molecule has 0 radical (unpaired) electrons. The van der Waals surface area contributed by atoms with Gasteiger partial charge in [0.1, 0.15) is 19.8 Å². The van der Waals surface area contributed by atoms with Crippen molar-refractivity contribution in [2.75, 3.05) is 47.5 Å². The fourth-order valence-electron chi connectivity index (χ4n) is 0.790. The standard InChI is InChI=1S/C9H18NO7P/c1-10(2,3)4-5-16-18(13,14)17-7-9(12)6-15-8-11/h8H,4-7H2,1-3H3/p+1. The molecule has 0 aromatic rings. The zero-order chi connectivity index (χ0) is 14.2. The zero-order valence-corrected chi connectivity index (χ0v) is 11.6. The Labute approximate surface area is 106 Å². The summed E-state index contributed by atoms with van der Waals surface area (Å²) < 4.78 is 25.2. The molecule has 18 heavy (non-hydrogen) atoms. The lowest BCUT2D eigenvalue weighted by molar-refractivity contribution is -0.870. The van der Waals surface area contributed by atoms with Gasteiger partial charge in [-0.3, -0.25) is 18.6 Å². The van der Waals surface area contributed by atoms with Crippen molar-refractivity contribution in [3.63, 3.8) is 0 Å². The van der Waals surface area contributed by atoms with Crippen molar-refractivity contribution >= 4 is 20.1 Å². The Morgan fingerprint density at radius 1 is 1.28 bits per heavy atom. The number of phosphoric acid groups is 1. The van der Waals surface area contributed by atoms with Gasteiger partial charge in [-0.15, -0.1) is 0 Å². The van der Waals surface area contributed by atoms with Crippen LogP contribution in [0.5, 0.6) is 0 Å². The minimum atomic E-state index is -4.24. The van der Waals surface area contributed by atoms with Crippen molar-refractivity contribution < 1.29 is 37.3 Å². The summed E-state index contributed by atoms with van der Waals surface area (Å²) in [6.07, 6.45) is 0. The van der Waals surface area contributed by atoms with Crippen LogP contribution in [0.4, 0.5) is 0 Å². The van der Waals surface area contributed by atoms with E-state index >= 15 is 0 Å². The largest absolute Gasteiger partial charge is 0.472 e. The lowest BCUT2D eigenvalue weighted by Crippen LogP contribution is -2.37. The molecule has 0 heterocycles. The minimum Gasteiger partial charge on any atom is -0.460 e. The maximum Gasteiger partial charge on any atom is 0.472 e. The molecular formula is C9H19NO7P+. The second-order valence-corrected chi connectivity index (χ2v) is 5.99. The molecule has 0 aromatic heterocycles. The Kier molecular flexibility index (Phi) is 7.27. The molecule has 0 rings (SSSR count). The Morgan fingerprint density at radius 3 is 2.39 bits per heavy atom. The predicted molar refractivity (Wildman–Crippen MR) is 61.7 cm³/mol. The Bertz CT molecular complexity index is 325. The van der Waals surface area contributed by atoms with Gasteiger partial charge in [-0.2, -0.15) is 0 Å². The van der Waals surface area contributed by atoms with Crippen LogP contribution in [-0.4, -0.2) is 69.1 Å². The van der Waals surface area contributed by atoms with Crippen LogP contribution >= 0.6 is 7.82 Å². The fourth-order valence-corrected chi connectivity index (χ4v) is 1.48. The number of Topliss-reactive ketones (excluding diaryl/α,β-unsaturated/α-hetero) is 1.